The van der Waals surface area contributed by atoms with E-state index in [1.54, 1.807) is 36.4 Å². The molecule has 11 heteroatoms. The van der Waals surface area contributed by atoms with Crippen molar-refractivity contribution in [2.75, 3.05) is 17.1 Å². The van der Waals surface area contributed by atoms with Crippen molar-refractivity contribution in [1.29, 1.82) is 5.26 Å². The van der Waals surface area contributed by atoms with Crippen molar-refractivity contribution < 1.29 is 13.2 Å². The monoisotopic (exact) mass is 397 g/mol. The van der Waals surface area contributed by atoms with Gasteiger partial charge in [0.15, 0.2) is 0 Å². The van der Waals surface area contributed by atoms with Crippen molar-refractivity contribution in [3.63, 3.8) is 0 Å². The Balaban J connectivity index is 1.75. The smallest absolute Gasteiger partial charge is 0.262 e. The van der Waals surface area contributed by atoms with E-state index in [9.17, 15) is 8.42 Å². The molecule has 0 radical (unpaired) electrons. The zero-order valence-electron chi connectivity index (χ0n) is 14.6. The Kier molecular flexibility index (Phi) is 5.52. The third-order valence-electron chi connectivity index (χ3n) is 3.61. The van der Waals surface area contributed by atoms with Crippen LogP contribution < -0.4 is 14.8 Å². The number of sulfonamides is 1. The first-order chi connectivity index (χ1) is 13.5. The van der Waals surface area contributed by atoms with Crippen LogP contribution >= 0.6 is 0 Å². The van der Waals surface area contributed by atoms with Crippen LogP contribution in [0.25, 0.3) is 5.57 Å². The first kappa shape index (κ1) is 18.9. The van der Waals surface area contributed by atoms with E-state index in [1.165, 1.54) is 25.4 Å². The highest BCUT2D eigenvalue weighted by Gasteiger charge is 2.16. The highest BCUT2D eigenvalue weighted by Crippen LogP contribution is 2.26. The molecule has 0 aliphatic rings. The number of nitrogens with zero attached hydrogens (tertiary/aromatic N) is 4. The summed E-state index contributed by atoms with van der Waals surface area (Å²) in [4.78, 5) is 0.0756. The third-order valence-corrected chi connectivity index (χ3v) is 4.99. The Labute approximate surface area is 160 Å². The number of methoxy groups -OCH3 is 1. The first-order valence-electron chi connectivity index (χ1n) is 7.90. The molecule has 28 heavy (non-hydrogen) atoms. The average molecular weight is 397 g/mol. The largest absolute Gasteiger partial charge is 0.495 e. The summed E-state index contributed by atoms with van der Waals surface area (Å²) in [5, 5.41) is 25.1. The maximum atomic E-state index is 12.6. The van der Waals surface area contributed by atoms with E-state index in [0.29, 0.717) is 17.1 Å². The third kappa shape index (κ3) is 4.25. The number of H-pyrrole nitrogens is 1. The zero-order valence-corrected chi connectivity index (χ0v) is 15.4. The highest BCUT2D eigenvalue weighted by atomic mass is 32.2. The average Bonchev–Trinajstić information content (AvgIpc) is 3.24. The standard InChI is InChI=1S/C17H15N7O3S/c1-27-16-5-3-2-4-15(16)22-28(25,26)14-8-6-13(7-9-14)19-11-12(10-18)17-20-23-24-21-17/h2-9,11,19,22H,1H3,(H,20,21,23,24). The number of allylic oxidation sites excluding steroid dienone is 1. The topological polar surface area (TPSA) is 146 Å². The van der Waals surface area contributed by atoms with Crippen molar-refractivity contribution >= 4 is 27.0 Å². The van der Waals surface area contributed by atoms with Gasteiger partial charge >= 0.3 is 0 Å². The Bertz CT molecular complexity index is 1120. The van der Waals surface area contributed by atoms with Gasteiger partial charge in [-0.1, -0.05) is 12.1 Å². The van der Waals surface area contributed by atoms with Crippen LogP contribution in [0.1, 0.15) is 5.82 Å². The van der Waals surface area contributed by atoms with Crippen LogP contribution in [0.4, 0.5) is 11.4 Å². The van der Waals surface area contributed by atoms with Gasteiger partial charge in [-0.15, -0.1) is 10.2 Å². The Morgan fingerprint density at radius 3 is 2.61 bits per heavy atom. The minimum absolute atomic E-state index is 0.0756. The lowest BCUT2D eigenvalue weighted by molar-refractivity contribution is 0.417. The molecular formula is C17H15N7O3S. The van der Waals surface area contributed by atoms with Gasteiger partial charge in [-0.3, -0.25) is 4.72 Å². The van der Waals surface area contributed by atoms with Gasteiger partial charge in [-0.05, 0) is 41.6 Å². The summed E-state index contributed by atoms with van der Waals surface area (Å²) in [6.07, 6.45) is 1.40. The van der Waals surface area contributed by atoms with Crippen LogP contribution in [0.15, 0.2) is 59.6 Å². The fraction of sp³-hybridized carbons (Fsp3) is 0.0588. The second-order valence-electron chi connectivity index (χ2n) is 5.38. The molecule has 1 aromatic heterocycles. The number of nitrogens with one attached hydrogen (secondary N) is 3. The summed E-state index contributed by atoms with van der Waals surface area (Å²) in [7, 11) is -2.33. The second-order valence-corrected chi connectivity index (χ2v) is 7.06. The molecule has 3 N–H and O–H groups in total. The summed E-state index contributed by atoms with van der Waals surface area (Å²) >= 11 is 0. The molecule has 0 spiro atoms. The Morgan fingerprint density at radius 2 is 1.96 bits per heavy atom. The number of aromatic amines is 1. The molecule has 0 amide bonds. The molecule has 0 bridgehead atoms. The lowest BCUT2D eigenvalue weighted by atomic mass is 10.3. The van der Waals surface area contributed by atoms with Gasteiger partial charge in [-0.25, -0.2) is 8.42 Å². The molecular weight excluding hydrogens is 382 g/mol. The van der Waals surface area contributed by atoms with E-state index in [4.69, 9.17) is 10.00 Å². The van der Waals surface area contributed by atoms with Crippen molar-refractivity contribution in [2.24, 2.45) is 0 Å². The van der Waals surface area contributed by atoms with Gasteiger partial charge in [0, 0.05) is 11.9 Å². The maximum absolute atomic E-state index is 12.6. The van der Waals surface area contributed by atoms with Crippen molar-refractivity contribution in [2.45, 2.75) is 4.90 Å². The second kappa shape index (κ2) is 8.19. The van der Waals surface area contributed by atoms with Crippen LogP contribution in [0, 0.1) is 11.3 Å². The molecule has 0 saturated carbocycles. The molecule has 0 unspecified atom stereocenters. The molecule has 0 atom stereocenters. The predicted octanol–water partition coefficient (Wildman–Crippen LogP) is 1.99. The molecule has 0 saturated heterocycles. The number of para-hydroxylation sites is 2. The molecule has 3 aromatic rings. The number of ether oxygens (including phenoxy) is 1. The Hall–Kier alpha value is -3.91. The SMILES string of the molecule is COc1ccccc1NS(=O)(=O)c1ccc(NC=C(C#N)c2nn[nH]n2)cc1. The number of hydrogen-bond donors (Lipinski definition) is 3. The summed E-state index contributed by atoms with van der Waals surface area (Å²) in [6, 6.07) is 14.7. The number of aromatic nitrogens is 4. The molecule has 2 aromatic carbocycles. The van der Waals surface area contributed by atoms with Crippen LogP contribution in [-0.4, -0.2) is 36.2 Å². The lowest BCUT2D eigenvalue weighted by Gasteiger charge is -2.12. The number of nitriles is 1. The predicted molar refractivity (Wildman–Crippen MR) is 102 cm³/mol. The first-order valence-corrected chi connectivity index (χ1v) is 9.38. The van der Waals surface area contributed by atoms with Crippen LogP contribution in [0.5, 0.6) is 5.75 Å². The van der Waals surface area contributed by atoms with Gasteiger partial charge in [0.2, 0.25) is 5.82 Å². The minimum atomic E-state index is -3.79. The van der Waals surface area contributed by atoms with Crippen molar-refractivity contribution in [3.8, 4) is 11.8 Å². The number of anilines is 2. The minimum Gasteiger partial charge on any atom is -0.495 e. The zero-order chi connectivity index (χ0) is 20.0. The lowest BCUT2D eigenvalue weighted by Crippen LogP contribution is -2.13. The quantitative estimate of drug-likeness (QED) is 0.513. The molecule has 1 heterocycles. The normalized spacial score (nSPS) is 11.5. The molecule has 3 rings (SSSR count). The van der Waals surface area contributed by atoms with Crippen LogP contribution in [-0.2, 0) is 10.0 Å². The number of benzene rings is 2. The van der Waals surface area contributed by atoms with Gasteiger partial charge in [0.1, 0.15) is 17.4 Å². The highest BCUT2D eigenvalue weighted by molar-refractivity contribution is 7.92. The molecule has 0 fully saturated rings. The van der Waals surface area contributed by atoms with E-state index in [0.717, 1.165) is 0 Å². The van der Waals surface area contributed by atoms with Gasteiger partial charge in [0.25, 0.3) is 10.0 Å². The maximum Gasteiger partial charge on any atom is 0.262 e. The fourth-order valence-corrected chi connectivity index (χ4v) is 3.31. The van der Waals surface area contributed by atoms with E-state index >= 15 is 0 Å². The van der Waals surface area contributed by atoms with Gasteiger partial charge in [0.05, 0.1) is 17.7 Å². The number of hydrogen-bond acceptors (Lipinski definition) is 8. The summed E-state index contributed by atoms with van der Waals surface area (Å²) in [6.45, 7) is 0. The van der Waals surface area contributed by atoms with Gasteiger partial charge in [-0.2, -0.15) is 10.5 Å². The summed E-state index contributed by atoms with van der Waals surface area (Å²) in [5.41, 5.74) is 1.09. The van der Waals surface area contributed by atoms with E-state index in [-0.39, 0.29) is 16.3 Å². The molecule has 0 aliphatic carbocycles. The summed E-state index contributed by atoms with van der Waals surface area (Å²) in [5.74, 6) is 0.565. The fourth-order valence-electron chi connectivity index (χ4n) is 2.24. The molecule has 0 aliphatic heterocycles. The van der Waals surface area contributed by atoms with Crippen molar-refractivity contribution in [1.82, 2.24) is 20.6 Å². The van der Waals surface area contributed by atoms with E-state index in [1.807, 2.05) is 6.07 Å². The number of tetrazole rings is 1. The van der Waals surface area contributed by atoms with E-state index < -0.39 is 10.0 Å². The molecule has 10 nitrogen and oxygen atoms in total. The van der Waals surface area contributed by atoms with E-state index in [2.05, 4.69) is 30.7 Å². The Morgan fingerprint density at radius 1 is 1.21 bits per heavy atom. The summed E-state index contributed by atoms with van der Waals surface area (Å²) < 4.78 is 32.8. The van der Waals surface area contributed by atoms with Crippen LogP contribution in [0.2, 0.25) is 0 Å². The number of rotatable bonds is 7. The van der Waals surface area contributed by atoms with Gasteiger partial charge < -0.3 is 10.1 Å². The van der Waals surface area contributed by atoms with Crippen LogP contribution in [0.3, 0.4) is 0 Å². The van der Waals surface area contributed by atoms with Crippen molar-refractivity contribution in [3.05, 3.63) is 60.6 Å². The molecule has 142 valence electrons.